The third-order valence-corrected chi connectivity index (χ3v) is 3.61. The normalized spacial score (nSPS) is 11.0. The first-order valence-corrected chi connectivity index (χ1v) is 6.84. The van der Waals surface area contributed by atoms with Crippen LogP contribution in [0.3, 0.4) is 0 Å². The summed E-state index contributed by atoms with van der Waals surface area (Å²) in [5.74, 6) is 8.12. The maximum Gasteiger partial charge on any atom is 0.180 e. The van der Waals surface area contributed by atoms with Crippen LogP contribution in [0.1, 0.15) is 25.6 Å². The molecule has 21 heavy (non-hydrogen) atoms. The summed E-state index contributed by atoms with van der Waals surface area (Å²) in [7, 11) is 3.08. The van der Waals surface area contributed by atoms with Crippen molar-refractivity contribution in [2.45, 2.75) is 19.8 Å². The van der Waals surface area contributed by atoms with Gasteiger partial charge in [-0.05, 0) is 12.1 Å². The fourth-order valence-electron chi connectivity index (χ4n) is 2.14. The molecule has 1 aromatic heterocycles. The van der Waals surface area contributed by atoms with Crippen LogP contribution in [0.25, 0.3) is 11.3 Å². The molecule has 0 spiro atoms. The number of aromatic nitrogens is 2. The molecule has 0 unspecified atom stereocenters. The van der Waals surface area contributed by atoms with E-state index in [1.54, 1.807) is 19.2 Å². The SMILES string of the molecule is COc1ccc(-c2nc(C(C)C)n(N)c2N)c(Cl)c1OC. The lowest BCUT2D eigenvalue weighted by molar-refractivity contribution is 0.355. The highest BCUT2D eigenvalue weighted by Gasteiger charge is 2.21. The van der Waals surface area contributed by atoms with Gasteiger partial charge in [0.25, 0.3) is 0 Å². The molecule has 0 saturated carbocycles. The van der Waals surface area contributed by atoms with Gasteiger partial charge in [0.1, 0.15) is 11.5 Å². The molecule has 0 fully saturated rings. The first-order chi connectivity index (χ1) is 9.92. The lowest BCUT2D eigenvalue weighted by Gasteiger charge is -2.12. The predicted octanol–water partition coefficient (Wildman–Crippen LogP) is 2.64. The van der Waals surface area contributed by atoms with Gasteiger partial charge >= 0.3 is 0 Å². The molecule has 0 aliphatic rings. The number of benzene rings is 1. The maximum absolute atomic E-state index is 6.39. The minimum absolute atomic E-state index is 0.143. The Morgan fingerprint density at radius 3 is 2.38 bits per heavy atom. The molecule has 114 valence electrons. The van der Waals surface area contributed by atoms with Crippen molar-refractivity contribution in [3.05, 3.63) is 23.0 Å². The van der Waals surface area contributed by atoms with E-state index in [9.17, 15) is 0 Å². The van der Waals surface area contributed by atoms with Crippen molar-refractivity contribution in [1.29, 1.82) is 0 Å². The number of nitrogens with two attached hydrogens (primary N) is 2. The predicted molar refractivity (Wildman–Crippen MR) is 84.4 cm³/mol. The van der Waals surface area contributed by atoms with Gasteiger partial charge in [-0.1, -0.05) is 25.4 Å². The summed E-state index contributed by atoms with van der Waals surface area (Å²) in [6.07, 6.45) is 0. The van der Waals surface area contributed by atoms with Crippen molar-refractivity contribution >= 4 is 17.4 Å². The summed E-state index contributed by atoms with van der Waals surface area (Å²) in [5.41, 5.74) is 7.23. The topological polar surface area (TPSA) is 88.3 Å². The van der Waals surface area contributed by atoms with E-state index in [0.717, 1.165) is 0 Å². The number of halogens is 1. The Balaban J connectivity index is 2.65. The van der Waals surface area contributed by atoms with Gasteiger partial charge in [0.15, 0.2) is 17.3 Å². The largest absolute Gasteiger partial charge is 0.493 e. The molecule has 4 N–H and O–H groups in total. The summed E-state index contributed by atoms with van der Waals surface area (Å²) in [6.45, 7) is 3.98. The molecule has 0 atom stereocenters. The van der Waals surface area contributed by atoms with Crippen LogP contribution >= 0.6 is 11.6 Å². The molecule has 2 rings (SSSR count). The number of imidazole rings is 1. The Morgan fingerprint density at radius 2 is 1.90 bits per heavy atom. The number of nitrogens with zero attached hydrogens (tertiary/aromatic N) is 2. The molecular weight excluding hydrogens is 292 g/mol. The second kappa shape index (κ2) is 5.73. The van der Waals surface area contributed by atoms with Crippen LogP contribution in [0.5, 0.6) is 11.5 Å². The Hall–Kier alpha value is -2.08. The molecule has 0 aliphatic heterocycles. The molecule has 0 saturated heterocycles. The van der Waals surface area contributed by atoms with Crippen molar-refractivity contribution in [3.8, 4) is 22.8 Å². The van der Waals surface area contributed by atoms with E-state index < -0.39 is 0 Å². The van der Waals surface area contributed by atoms with Crippen LogP contribution in [0.15, 0.2) is 12.1 Å². The fraction of sp³-hybridized carbons (Fsp3) is 0.357. The number of ether oxygens (including phenoxy) is 2. The number of rotatable bonds is 4. The molecular formula is C14H19ClN4O2. The Kier molecular flexibility index (Phi) is 4.18. The molecule has 0 amide bonds. The quantitative estimate of drug-likeness (QED) is 0.847. The smallest absolute Gasteiger partial charge is 0.180 e. The minimum Gasteiger partial charge on any atom is -0.493 e. The number of hydrogen-bond donors (Lipinski definition) is 2. The van der Waals surface area contributed by atoms with Crippen molar-refractivity contribution < 1.29 is 9.47 Å². The van der Waals surface area contributed by atoms with Gasteiger partial charge in [-0.2, -0.15) is 0 Å². The molecule has 0 radical (unpaired) electrons. The molecule has 0 aliphatic carbocycles. The van der Waals surface area contributed by atoms with Gasteiger partial charge < -0.3 is 21.1 Å². The number of methoxy groups -OCH3 is 2. The Morgan fingerprint density at radius 1 is 1.24 bits per heavy atom. The van der Waals surface area contributed by atoms with Crippen LogP contribution in [-0.2, 0) is 0 Å². The second-order valence-electron chi connectivity index (χ2n) is 4.89. The lowest BCUT2D eigenvalue weighted by atomic mass is 10.1. The van der Waals surface area contributed by atoms with Gasteiger partial charge in [-0.15, -0.1) is 0 Å². The van der Waals surface area contributed by atoms with E-state index in [0.29, 0.717) is 39.4 Å². The Labute approximate surface area is 128 Å². The molecule has 7 heteroatoms. The van der Waals surface area contributed by atoms with E-state index in [1.807, 2.05) is 13.8 Å². The molecule has 6 nitrogen and oxygen atoms in total. The van der Waals surface area contributed by atoms with Crippen LogP contribution < -0.4 is 21.1 Å². The van der Waals surface area contributed by atoms with E-state index in [1.165, 1.54) is 11.8 Å². The number of hydrogen-bond acceptors (Lipinski definition) is 5. The van der Waals surface area contributed by atoms with Crippen molar-refractivity contribution in [3.63, 3.8) is 0 Å². The monoisotopic (exact) mass is 310 g/mol. The standard InChI is InChI=1S/C14H19ClN4O2/c1-7(2)14-18-11(13(16)19(14)17)8-5-6-9(20-3)12(21-4)10(8)15/h5-7H,16-17H2,1-4H3. The highest BCUT2D eigenvalue weighted by Crippen LogP contribution is 2.43. The zero-order valence-corrected chi connectivity index (χ0v) is 13.2. The summed E-state index contributed by atoms with van der Waals surface area (Å²) in [6, 6.07) is 3.54. The molecule has 0 bridgehead atoms. The molecule has 1 heterocycles. The highest BCUT2D eigenvalue weighted by molar-refractivity contribution is 6.35. The zero-order valence-electron chi connectivity index (χ0n) is 12.5. The minimum atomic E-state index is 0.143. The molecule has 1 aromatic carbocycles. The zero-order chi connectivity index (χ0) is 15.7. The van der Waals surface area contributed by atoms with Gasteiger partial charge in [0.2, 0.25) is 0 Å². The third-order valence-electron chi connectivity index (χ3n) is 3.23. The first kappa shape index (κ1) is 15.3. The van der Waals surface area contributed by atoms with Gasteiger partial charge in [-0.25, -0.2) is 9.66 Å². The van der Waals surface area contributed by atoms with Crippen LogP contribution in [-0.4, -0.2) is 23.9 Å². The summed E-state index contributed by atoms with van der Waals surface area (Å²) in [4.78, 5) is 4.50. The Bertz CT molecular complexity index is 667. The number of nitrogen functional groups attached to an aromatic ring is 2. The average molecular weight is 311 g/mol. The lowest BCUT2D eigenvalue weighted by Crippen LogP contribution is -2.16. The van der Waals surface area contributed by atoms with Gasteiger partial charge in [0, 0.05) is 11.5 Å². The summed E-state index contributed by atoms with van der Waals surface area (Å²) in [5, 5.41) is 0.386. The molecule has 2 aromatic rings. The van der Waals surface area contributed by atoms with Crippen LogP contribution in [0, 0.1) is 0 Å². The van der Waals surface area contributed by atoms with Gasteiger partial charge in [0.05, 0.1) is 19.2 Å². The van der Waals surface area contributed by atoms with E-state index >= 15 is 0 Å². The van der Waals surface area contributed by atoms with Crippen molar-refractivity contribution in [1.82, 2.24) is 9.66 Å². The van der Waals surface area contributed by atoms with Crippen molar-refractivity contribution in [2.75, 3.05) is 25.8 Å². The summed E-state index contributed by atoms with van der Waals surface area (Å²) < 4.78 is 11.9. The highest BCUT2D eigenvalue weighted by atomic mass is 35.5. The van der Waals surface area contributed by atoms with Gasteiger partial charge in [-0.3, -0.25) is 0 Å². The summed E-state index contributed by atoms with van der Waals surface area (Å²) >= 11 is 6.39. The van der Waals surface area contributed by atoms with E-state index in [2.05, 4.69) is 4.98 Å². The average Bonchev–Trinajstić information content (AvgIpc) is 2.75. The van der Waals surface area contributed by atoms with E-state index in [-0.39, 0.29) is 5.92 Å². The first-order valence-electron chi connectivity index (χ1n) is 6.46. The number of anilines is 1. The second-order valence-corrected chi connectivity index (χ2v) is 5.27. The van der Waals surface area contributed by atoms with Crippen LogP contribution in [0.4, 0.5) is 5.82 Å². The third kappa shape index (κ3) is 2.47. The van der Waals surface area contributed by atoms with E-state index in [4.69, 9.17) is 32.7 Å². The fourth-order valence-corrected chi connectivity index (χ4v) is 2.46. The maximum atomic E-state index is 6.39. The van der Waals surface area contributed by atoms with Crippen molar-refractivity contribution in [2.24, 2.45) is 0 Å². The van der Waals surface area contributed by atoms with Crippen LogP contribution in [0.2, 0.25) is 5.02 Å².